The fraction of sp³-hybridized carbons (Fsp3) is 0.875. The molecule has 11 heavy (non-hydrogen) atoms. The first-order valence-corrected chi connectivity index (χ1v) is 3.96. The first kappa shape index (κ1) is 13.8. The van der Waals surface area contributed by atoms with Crippen molar-refractivity contribution < 1.29 is 9.53 Å². The van der Waals surface area contributed by atoms with Gasteiger partial charge in [-0.05, 0) is 12.8 Å². The van der Waals surface area contributed by atoms with Crippen molar-refractivity contribution in [2.45, 2.75) is 39.5 Å². The van der Waals surface area contributed by atoms with Crippen LogP contribution in [-0.4, -0.2) is 35.6 Å². The van der Waals surface area contributed by atoms with Crippen LogP contribution in [0.25, 0.3) is 0 Å². The molecule has 0 heterocycles. The summed E-state index contributed by atoms with van der Waals surface area (Å²) in [5.41, 5.74) is 0. The van der Waals surface area contributed by atoms with E-state index in [-0.39, 0.29) is 29.0 Å². The molecule has 0 aliphatic carbocycles. The molecule has 0 N–H and O–H groups in total. The normalized spacial score (nSPS) is 8.55. The van der Waals surface area contributed by atoms with E-state index in [2.05, 4.69) is 6.92 Å². The van der Waals surface area contributed by atoms with Gasteiger partial charge in [0, 0.05) is 29.5 Å². The summed E-state index contributed by atoms with van der Waals surface area (Å²) in [5.74, 6) is -0.0521. The summed E-state index contributed by atoms with van der Waals surface area (Å²) in [6.07, 6.45) is 3.50. The van der Waals surface area contributed by atoms with E-state index in [1.165, 1.54) is 0 Å². The van der Waals surface area contributed by atoms with E-state index in [1.54, 1.807) is 0 Å². The number of hydrogen-bond donors (Lipinski definition) is 0. The van der Waals surface area contributed by atoms with Crippen LogP contribution in [0.2, 0.25) is 0 Å². The summed E-state index contributed by atoms with van der Waals surface area (Å²) < 4.78 is 4.85. The molecule has 3 heteroatoms. The Kier molecular flexibility index (Phi) is 12.8. The Hall–Kier alpha value is 0.236. The minimum absolute atomic E-state index is 0. The first-order chi connectivity index (χ1) is 4.81. The maximum atomic E-state index is 10.7. The van der Waals surface area contributed by atoms with Gasteiger partial charge < -0.3 is 4.74 Å². The number of carbonyl (C=O) groups excluding carboxylic acids is 1. The fourth-order valence-electron chi connectivity index (χ4n) is 0.609. The van der Waals surface area contributed by atoms with Crippen LogP contribution in [0, 0.1) is 0 Å². The van der Waals surface area contributed by atoms with Crippen LogP contribution in [0.3, 0.4) is 0 Å². The second-order valence-electron chi connectivity index (χ2n) is 2.32. The molecule has 0 unspecified atom stereocenters. The molecule has 0 aliphatic heterocycles. The predicted octanol–water partition coefficient (Wildman–Crippen LogP) is 1.75. The van der Waals surface area contributed by atoms with Gasteiger partial charge in [-0.3, -0.25) is 4.79 Å². The number of ether oxygens (including phenoxy) is 1. The molecule has 62 valence electrons. The Morgan fingerprint density at radius 2 is 1.91 bits per heavy atom. The third-order valence-corrected chi connectivity index (χ3v) is 1.20. The summed E-state index contributed by atoms with van der Waals surface area (Å²) in [6, 6.07) is 0. The monoisotopic (exact) mass is 168 g/mol. The maximum absolute atomic E-state index is 10.7. The highest BCUT2D eigenvalue weighted by atomic mass is 24.3. The van der Waals surface area contributed by atoms with Gasteiger partial charge in [-0.15, -0.1) is 0 Å². The minimum atomic E-state index is -0.0521. The summed E-state index contributed by atoms with van der Waals surface area (Å²) >= 11 is 0. The van der Waals surface area contributed by atoms with Gasteiger partial charge in [0.1, 0.15) is 0 Å². The predicted molar refractivity (Wildman–Crippen MR) is 46.5 cm³/mol. The van der Waals surface area contributed by atoms with Gasteiger partial charge in [0.2, 0.25) is 0 Å². The number of esters is 1. The van der Waals surface area contributed by atoms with Crippen LogP contribution in [0.1, 0.15) is 39.5 Å². The molecular weight excluding hydrogens is 152 g/mol. The molecular formula is C8H16MgO2. The lowest BCUT2D eigenvalue weighted by Crippen LogP contribution is -2.04. The summed E-state index contributed by atoms with van der Waals surface area (Å²) in [5, 5.41) is 0. The Morgan fingerprint density at radius 3 is 2.36 bits per heavy atom. The summed E-state index contributed by atoms with van der Waals surface area (Å²) in [6.45, 7) is 4.63. The maximum Gasteiger partial charge on any atom is 0.305 e. The van der Waals surface area contributed by atoms with Crippen molar-refractivity contribution in [1.29, 1.82) is 0 Å². The molecule has 0 spiro atoms. The van der Waals surface area contributed by atoms with Crippen molar-refractivity contribution in [2.24, 2.45) is 0 Å². The first-order valence-electron chi connectivity index (χ1n) is 3.96. The average molecular weight is 169 g/mol. The number of rotatable bonds is 5. The second-order valence-corrected chi connectivity index (χ2v) is 2.32. The smallest absolute Gasteiger partial charge is 0.305 e. The zero-order chi connectivity index (χ0) is 7.82. The molecule has 0 saturated carbocycles. The van der Waals surface area contributed by atoms with E-state index in [1.807, 2.05) is 6.92 Å². The molecule has 2 radical (unpaired) electrons. The Bertz CT molecular complexity index is 84.1. The van der Waals surface area contributed by atoms with Crippen molar-refractivity contribution in [3.05, 3.63) is 0 Å². The van der Waals surface area contributed by atoms with Gasteiger partial charge in [0.05, 0.1) is 6.61 Å². The van der Waals surface area contributed by atoms with E-state index >= 15 is 0 Å². The molecule has 0 aromatic rings. The fourth-order valence-corrected chi connectivity index (χ4v) is 0.609. The molecule has 2 nitrogen and oxygen atoms in total. The largest absolute Gasteiger partial charge is 0.466 e. The topological polar surface area (TPSA) is 26.3 Å². The SMILES string of the molecule is CCCCC(=O)OCCC.[Mg]. The number of hydrogen-bond acceptors (Lipinski definition) is 2. The molecule has 0 rings (SSSR count). The molecule has 0 bridgehead atoms. The third-order valence-electron chi connectivity index (χ3n) is 1.20. The average Bonchev–Trinajstić information content (AvgIpc) is 1.97. The molecule has 0 amide bonds. The Labute approximate surface area is 84.8 Å². The van der Waals surface area contributed by atoms with Crippen molar-refractivity contribution in [2.75, 3.05) is 6.61 Å². The second kappa shape index (κ2) is 10.2. The lowest BCUT2D eigenvalue weighted by Gasteiger charge is -2.00. The van der Waals surface area contributed by atoms with E-state index in [4.69, 9.17) is 4.74 Å². The number of unbranched alkanes of at least 4 members (excludes halogenated alkanes) is 1. The van der Waals surface area contributed by atoms with Gasteiger partial charge in [0.15, 0.2) is 0 Å². The van der Waals surface area contributed by atoms with Crippen molar-refractivity contribution in [3.63, 3.8) is 0 Å². The van der Waals surface area contributed by atoms with Crippen LogP contribution in [0.5, 0.6) is 0 Å². The van der Waals surface area contributed by atoms with Crippen LogP contribution in [0.4, 0.5) is 0 Å². The van der Waals surface area contributed by atoms with Gasteiger partial charge >= 0.3 is 5.97 Å². The summed E-state index contributed by atoms with van der Waals surface area (Å²) in [4.78, 5) is 10.7. The third kappa shape index (κ3) is 10.2. The standard InChI is InChI=1S/C8H16O2.Mg/c1-3-5-6-8(9)10-7-4-2;/h3-7H2,1-2H3;. The van der Waals surface area contributed by atoms with Gasteiger partial charge in [-0.1, -0.05) is 20.3 Å². The van der Waals surface area contributed by atoms with Crippen LogP contribution < -0.4 is 0 Å². The Balaban J connectivity index is 0. The molecule has 0 saturated heterocycles. The highest BCUT2D eigenvalue weighted by Gasteiger charge is 1.98. The van der Waals surface area contributed by atoms with E-state index in [0.29, 0.717) is 13.0 Å². The summed E-state index contributed by atoms with van der Waals surface area (Å²) in [7, 11) is 0. The van der Waals surface area contributed by atoms with E-state index in [0.717, 1.165) is 19.3 Å². The van der Waals surface area contributed by atoms with Crippen LogP contribution in [-0.2, 0) is 9.53 Å². The molecule has 0 atom stereocenters. The lowest BCUT2D eigenvalue weighted by atomic mass is 10.2. The molecule has 0 aromatic carbocycles. The zero-order valence-corrected chi connectivity index (χ0v) is 8.97. The lowest BCUT2D eigenvalue weighted by molar-refractivity contribution is -0.143. The van der Waals surface area contributed by atoms with Gasteiger partial charge in [-0.25, -0.2) is 0 Å². The molecule has 0 aromatic heterocycles. The van der Waals surface area contributed by atoms with Crippen molar-refractivity contribution in [3.8, 4) is 0 Å². The molecule has 0 aliphatic rings. The highest BCUT2D eigenvalue weighted by molar-refractivity contribution is 5.75. The quantitative estimate of drug-likeness (QED) is 0.462. The van der Waals surface area contributed by atoms with Crippen molar-refractivity contribution >= 4 is 29.0 Å². The van der Waals surface area contributed by atoms with Crippen LogP contribution >= 0.6 is 0 Å². The van der Waals surface area contributed by atoms with E-state index in [9.17, 15) is 4.79 Å². The zero-order valence-electron chi connectivity index (χ0n) is 7.56. The van der Waals surface area contributed by atoms with Gasteiger partial charge in [-0.2, -0.15) is 0 Å². The van der Waals surface area contributed by atoms with Gasteiger partial charge in [0.25, 0.3) is 0 Å². The molecule has 0 fully saturated rings. The van der Waals surface area contributed by atoms with E-state index < -0.39 is 0 Å². The Morgan fingerprint density at radius 1 is 1.27 bits per heavy atom. The number of carbonyl (C=O) groups is 1. The highest BCUT2D eigenvalue weighted by Crippen LogP contribution is 1.96. The van der Waals surface area contributed by atoms with Crippen molar-refractivity contribution in [1.82, 2.24) is 0 Å². The van der Waals surface area contributed by atoms with Crippen LogP contribution in [0.15, 0.2) is 0 Å². The minimum Gasteiger partial charge on any atom is -0.466 e.